The second-order valence-corrected chi connectivity index (χ2v) is 4.89. The number of aromatic nitrogens is 3. The van der Waals surface area contributed by atoms with Gasteiger partial charge in [0.25, 0.3) is 0 Å². The summed E-state index contributed by atoms with van der Waals surface area (Å²) >= 11 is 0. The van der Waals surface area contributed by atoms with Gasteiger partial charge < -0.3 is 20.9 Å². The first-order valence-corrected chi connectivity index (χ1v) is 7.38. The minimum Gasteiger partial charge on any atom is -0.357 e. The molecule has 21 heavy (non-hydrogen) atoms. The fraction of sp³-hybridized carbons (Fsp3) is 0.692. The number of anilines is 3. The van der Waals surface area contributed by atoms with E-state index in [1.165, 1.54) is 0 Å². The zero-order valence-corrected chi connectivity index (χ0v) is 12.8. The zero-order chi connectivity index (χ0) is 15.2. The fourth-order valence-electron chi connectivity index (χ4n) is 2.25. The van der Waals surface area contributed by atoms with Crippen LogP contribution in [0.3, 0.4) is 0 Å². The minimum atomic E-state index is 0.109. The van der Waals surface area contributed by atoms with Gasteiger partial charge in [-0.05, 0) is 20.3 Å². The Kier molecular flexibility index (Phi) is 5.13. The van der Waals surface area contributed by atoms with Gasteiger partial charge in [-0.15, -0.1) is 0 Å². The van der Waals surface area contributed by atoms with Gasteiger partial charge in [-0.2, -0.15) is 15.0 Å². The third-order valence-corrected chi connectivity index (χ3v) is 3.49. The van der Waals surface area contributed by atoms with Crippen molar-refractivity contribution in [3.63, 3.8) is 0 Å². The van der Waals surface area contributed by atoms with Crippen LogP contribution in [0.4, 0.5) is 17.8 Å². The summed E-state index contributed by atoms with van der Waals surface area (Å²) in [6.07, 6.45) is 1.44. The molecule has 8 nitrogen and oxygen atoms in total. The molecule has 1 atom stereocenters. The van der Waals surface area contributed by atoms with Gasteiger partial charge >= 0.3 is 0 Å². The third-order valence-electron chi connectivity index (χ3n) is 3.49. The van der Waals surface area contributed by atoms with E-state index in [0.29, 0.717) is 30.8 Å². The van der Waals surface area contributed by atoms with Gasteiger partial charge in [0, 0.05) is 39.1 Å². The first-order chi connectivity index (χ1) is 10.2. The molecule has 0 bridgehead atoms. The molecule has 2 rings (SSSR count). The smallest absolute Gasteiger partial charge is 0.231 e. The molecule has 1 saturated heterocycles. The first-order valence-electron chi connectivity index (χ1n) is 7.38. The van der Waals surface area contributed by atoms with Crippen molar-refractivity contribution in [3.8, 4) is 0 Å². The van der Waals surface area contributed by atoms with Crippen LogP contribution in [0, 0.1) is 0 Å². The quantitative estimate of drug-likeness (QED) is 0.672. The molecule has 0 aliphatic carbocycles. The highest BCUT2D eigenvalue weighted by Gasteiger charge is 2.20. The standard InChI is InChI=1S/C13H23N7O/c1-4-20(5-2)13-18-11(14-3)17-12(19-13)15-8-9-6-7-10(21)16-9/h9H,4-8H2,1-3H3,(H,16,21)(H2,14,15,17,18,19). The molecule has 0 aromatic carbocycles. The van der Waals surface area contributed by atoms with Crippen LogP contribution in [-0.2, 0) is 4.79 Å². The molecule has 2 heterocycles. The number of amides is 1. The third kappa shape index (κ3) is 3.93. The van der Waals surface area contributed by atoms with Gasteiger partial charge in [-0.1, -0.05) is 0 Å². The molecule has 1 fully saturated rings. The number of rotatable bonds is 7. The number of carbonyl (C=O) groups is 1. The Bertz CT molecular complexity index is 489. The highest BCUT2D eigenvalue weighted by Crippen LogP contribution is 2.14. The van der Waals surface area contributed by atoms with Gasteiger partial charge in [0.1, 0.15) is 0 Å². The molecule has 1 amide bonds. The number of nitrogens with zero attached hydrogens (tertiary/aromatic N) is 4. The fourth-order valence-corrected chi connectivity index (χ4v) is 2.25. The van der Waals surface area contributed by atoms with Crippen LogP contribution in [0.2, 0.25) is 0 Å². The lowest BCUT2D eigenvalue weighted by Gasteiger charge is -2.20. The van der Waals surface area contributed by atoms with Crippen LogP contribution in [-0.4, -0.2) is 53.6 Å². The summed E-state index contributed by atoms with van der Waals surface area (Å²) in [5, 5.41) is 9.04. The molecular formula is C13H23N7O. The molecule has 116 valence electrons. The Hall–Kier alpha value is -2.12. The zero-order valence-electron chi connectivity index (χ0n) is 12.8. The second kappa shape index (κ2) is 7.05. The van der Waals surface area contributed by atoms with E-state index in [-0.39, 0.29) is 11.9 Å². The molecule has 1 aliphatic heterocycles. The minimum absolute atomic E-state index is 0.109. The van der Waals surface area contributed by atoms with Crippen LogP contribution < -0.4 is 20.9 Å². The maximum atomic E-state index is 11.2. The molecular weight excluding hydrogens is 270 g/mol. The Morgan fingerprint density at radius 1 is 1.24 bits per heavy atom. The lowest BCUT2D eigenvalue weighted by atomic mass is 10.2. The Balaban J connectivity index is 2.07. The van der Waals surface area contributed by atoms with Crippen LogP contribution >= 0.6 is 0 Å². The van der Waals surface area contributed by atoms with E-state index in [4.69, 9.17) is 0 Å². The molecule has 0 spiro atoms. The summed E-state index contributed by atoms with van der Waals surface area (Å²) in [5.41, 5.74) is 0. The van der Waals surface area contributed by atoms with Crippen molar-refractivity contribution >= 4 is 23.8 Å². The van der Waals surface area contributed by atoms with E-state index in [1.54, 1.807) is 7.05 Å². The number of hydrogen-bond acceptors (Lipinski definition) is 7. The molecule has 8 heteroatoms. The predicted molar refractivity (Wildman–Crippen MR) is 82.6 cm³/mol. The largest absolute Gasteiger partial charge is 0.357 e. The van der Waals surface area contributed by atoms with E-state index in [1.807, 2.05) is 0 Å². The molecule has 3 N–H and O–H groups in total. The van der Waals surface area contributed by atoms with Crippen molar-refractivity contribution in [2.75, 3.05) is 42.2 Å². The molecule has 0 saturated carbocycles. The van der Waals surface area contributed by atoms with Gasteiger partial charge in [-0.25, -0.2) is 0 Å². The maximum absolute atomic E-state index is 11.2. The highest BCUT2D eigenvalue weighted by atomic mass is 16.1. The normalized spacial score (nSPS) is 17.5. The number of carbonyl (C=O) groups excluding carboxylic acids is 1. The lowest BCUT2D eigenvalue weighted by molar-refractivity contribution is -0.119. The highest BCUT2D eigenvalue weighted by molar-refractivity contribution is 5.78. The summed E-state index contributed by atoms with van der Waals surface area (Å²) in [6, 6.07) is 0.143. The van der Waals surface area contributed by atoms with Crippen LogP contribution in [0.15, 0.2) is 0 Å². The number of nitrogens with one attached hydrogen (secondary N) is 3. The molecule has 1 unspecified atom stereocenters. The van der Waals surface area contributed by atoms with Crippen molar-refractivity contribution in [1.29, 1.82) is 0 Å². The van der Waals surface area contributed by atoms with E-state index in [2.05, 4.69) is 49.6 Å². The first kappa shape index (κ1) is 15.3. The van der Waals surface area contributed by atoms with E-state index in [0.717, 1.165) is 19.5 Å². The van der Waals surface area contributed by atoms with Crippen LogP contribution in [0.25, 0.3) is 0 Å². The topological polar surface area (TPSA) is 95.1 Å². The summed E-state index contributed by atoms with van der Waals surface area (Å²) in [7, 11) is 1.78. The molecule has 1 aliphatic rings. The van der Waals surface area contributed by atoms with E-state index in [9.17, 15) is 4.79 Å². The van der Waals surface area contributed by atoms with Crippen molar-refractivity contribution in [2.45, 2.75) is 32.7 Å². The van der Waals surface area contributed by atoms with Gasteiger partial charge in [0.15, 0.2) is 0 Å². The van der Waals surface area contributed by atoms with Crippen molar-refractivity contribution < 1.29 is 4.79 Å². The van der Waals surface area contributed by atoms with Gasteiger partial charge in [0.05, 0.1) is 0 Å². The van der Waals surface area contributed by atoms with Gasteiger partial charge in [-0.3, -0.25) is 4.79 Å². The van der Waals surface area contributed by atoms with Crippen molar-refractivity contribution in [1.82, 2.24) is 20.3 Å². The van der Waals surface area contributed by atoms with Gasteiger partial charge in [0.2, 0.25) is 23.8 Å². The Morgan fingerprint density at radius 3 is 2.52 bits per heavy atom. The summed E-state index contributed by atoms with van der Waals surface area (Å²) in [4.78, 5) is 26.4. The molecule has 0 radical (unpaired) electrons. The average Bonchev–Trinajstić information content (AvgIpc) is 2.92. The summed E-state index contributed by atoms with van der Waals surface area (Å²) in [6.45, 7) is 6.42. The molecule has 1 aromatic rings. The predicted octanol–water partition coefficient (Wildman–Crippen LogP) is 0.450. The number of hydrogen-bond donors (Lipinski definition) is 3. The van der Waals surface area contributed by atoms with E-state index < -0.39 is 0 Å². The van der Waals surface area contributed by atoms with Crippen LogP contribution in [0.1, 0.15) is 26.7 Å². The summed E-state index contributed by atoms with van der Waals surface area (Å²) < 4.78 is 0. The Labute approximate surface area is 124 Å². The van der Waals surface area contributed by atoms with Crippen molar-refractivity contribution in [2.24, 2.45) is 0 Å². The molecule has 1 aromatic heterocycles. The lowest BCUT2D eigenvalue weighted by Crippen LogP contribution is -2.32. The second-order valence-electron chi connectivity index (χ2n) is 4.89. The maximum Gasteiger partial charge on any atom is 0.231 e. The van der Waals surface area contributed by atoms with E-state index >= 15 is 0 Å². The monoisotopic (exact) mass is 293 g/mol. The Morgan fingerprint density at radius 2 is 1.95 bits per heavy atom. The summed E-state index contributed by atoms with van der Waals surface area (Å²) in [5.74, 6) is 1.82. The average molecular weight is 293 g/mol. The SMILES string of the molecule is CCN(CC)c1nc(NC)nc(NCC2CCC(=O)N2)n1. The van der Waals surface area contributed by atoms with Crippen LogP contribution in [0.5, 0.6) is 0 Å². The van der Waals surface area contributed by atoms with Crippen molar-refractivity contribution in [3.05, 3.63) is 0 Å².